The van der Waals surface area contributed by atoms with E-state index in [0.29, 0.717) is 14.9 Å². The van der Waals surface area contributed by atoms with Gasteiger partial charge >= 0.3 is 0 Å². The quantitative estimate of drug-likeness (QED) is 0.534. The van der Waals surface area contributed by atoms with Gasteiger partial charge in [-0.3, -0.25) is 4.79 Å². The lowest BCUT2D eigenvalue weighted by molar-refractivity contribution is -0.115. The summed E-state index contributed by atoms with van der Waals surface area (Å²) in [5.41, 5.74) is 4.33. The first kappa shape index (κ1) is 17.6. The number of aromatic nitrogens is 2. The smallest absolute Gasteiger partial charge is 0.263 e. The summed E-state index contributed by atoms with van der Waals surface area (Å²) in [6, 6.07) is 11.7. The minimum absolute atomic E-state index is 0.169. The van der Waals surface area contributed by atoms with Crippen LogP contribution in [-0.4, -0.2) is 27.3 Å². The van der Waals surface area contributed by atoms with Gasteiger partial charge in [-0.15, -0.1) is 0 Å². The number of amides is 1. The van der Waals surface area contributed by atoms with Crippen LogP contribution >= 0.6 is 24.0 Å². The van der Waals surface area contributed by atoms with Crippen LogP contribution in [0.15, 0.2) is 47.5 Å². The van der Waals surface area contributed by atoms with E-state index in [1.807, 2.05) is 43.3 Å². The molecule has 2 aromatic heterocycles. The van der Waals surface area contributed by atoms with Crippen molar-refractivity contribution in [1.82, 2.24) is 15.3 Å². The van der Waals surface area contributed by atoms with E-state index in [1.165, 1.54) is 11.8 Å². The zero-order chi connectivity index (χ0) is 19.0. The van der Waals surface area contributed by atoms with Gasteiger partial charge in [0.25, 0.3) is 5.91 Å². The SMILES string of the molecule is COc1ccc(/C=C2\SC(=S)NC2=O)cc1-c1cc2cccnc2nc1C. The Balaban J connectivity index is 1.85. The summed E-state index contributed by atoms with van der Waals surface area (Å²) in [5, 5.41) is 3.59. The average Bonchev–Trinajstić information content (AvgIpc) is 2.98. The highest BCUT2D eigenvalue weighted by Gasteiger charge is 2.22. The normalized spacial score (nSPS) is 15.4. The van der Waals surface area contributed by atoms with Crippen molar-refractivity contribution in [2.45, 2.75) is 6.92 Å². The molecule has 3 heterocycles. The first-order valence-electron chi connectivity index (χ1n) is 8.21. The summed E-state index contributed by atoms with van der Waals surface area (Å²) < 4.78 is 6.03. The van der Waals surface area contributed by atoms with Crippen LogP contribution in [0.3, 0.4) is 0 Å². The maximum Gasteiger partial charge on any atom is 0.263 e. The van der Waals surface area contributed by atoms with Crippen LogP contribution in [0.25, 0.3) is 28.2 Å². The molecule has 1 aliphatic heterocycles. The average molecular weight is 393 g/mol. The molecule has 0 aliphatic carbocycles. The number of fused-ring (bicyclic) bond motifs is 1. The fourth-order valence-corrected chi connectivity index (χ4v) is 4.01. The molecule has 1 fully saturated rings. The lowest BCUT2D eigenvalue weighted by Gasteiger charge is -2.13. The Bertz CT molecular complexity index is 1130. The third-order valence-corrected chi connectivity index (χ3v) is 5.40. The van der Waals surface area contributed by atoms with E-state index in [-0.39, 0.29) is 5.91 Å². The summed E-state index contributed by atoms with van der Waals surface area (Å²) >= 11 is 6.31. The number of thioether (sulfide) groups is 1. The highest BCUT2D eigenvalue weighted by atomic mass is 32.2. The van der Waals surface area contributed by atoms with E-state index in [0.717, 1.165) is 33.5 Å². The van der Waals surface area contributed by atoms with Crippen LogP contribution in [-0.2, 0) is 4.79 Å². The molecule has 1 saturated heterocycles. The molecule has 5 nitrogen and oxygen atoms in total. The van der Waals surface area contributed by atoms with Crippen molar-refractivity contribution in [3.05, 3.63) is 58.8 Å². The number of thiocarbonyl (C=S) groups is 1. The molecule has 4 rings (SSSR count). The van der Waals surface area contributed by atoms with Gasteiger partial charge in [0.1, 0.15) is 10.1 Å². The highest BCUT2D eigenvalue weighted by molar-refractivity contribution is 8.26. The monoisotopic (exact) mass is 393 g/mol. The van der Waals surface area contributed by atoms with E-state index >= 15 is 0 Å². The molecule has 3 aromatic rings. The van der Waals surface area contributed by atoms with Crippen LogP contribution in [0, 0.1) is 6.92 Å². The lowest BCUT2D eigenvalue weighted by atomic mass is 9.99. The van der Waals surface area contributed by atoms with Gasteiger partial charge in [-0.05, 0) is 48.9 Å². The number of aryl methyl sites for hydroxylation is 1. The Labute approximate surface area is 165 Å². The topological polar surface area (TPSA) is 64.1 Å². The van der Waals surface area contributed by atoms with Crippen LogP contribution in [0.4, 0.5) is 0 Å². The second kappa shape index (κ2) is 7.09. The maximum atomic E-state index is 11.9. The number of benzene rings is 1. The molecule has 1 amide bonds. The molecule has 27 heavy (non-hydrogen) atoms. The van der Waals surface area contributed by atoms with E-state index in [9.17, 15) is 4.79 Å². The number of rotatable bonds is 3. The first-order valence-corrected chi connectivity index (χ1v) is 9.43. The Kier molecular flexibility index (Phi) is 4.63. The number of hydrogen-bond donors (Lipinski definition) is 1. The molecule has 0 spiro atoms. The number of nitrogens with one attached hydrogen (secondary N) is 1. The van der Waals surface area contributed by atoms with Crippen LogP contribution in [0.1, 0.15) is 11.3 Å². The molecule has 0 radical (unpaired) electrons. The fraction of sp³-hybridized carbons (Fsp3) is 0.100. The number of methoxy groups -OCH3 is 1. The van der Waals surface area contributed by atoms with Gasteiger partial charge in [0, 0.05) is 28.4 Å². The van der Waals surface area contributed by atoms with Crippen molar-refractivity contribution in [2.75, 3.05) is 7.11 Å². The second-order valence-corrected chi connectivity index (χ2v) is 7.70. The molecule has 0 bridgehead atoms. The third-order valence-electron chi connectivity index (χ3n) is 4.23. The molecule has 1 aromatic carbocycles. The van der Waals surface area contributed by atoms with Crippen LogP contribution in [0.5, 0.6) is 5.75 Å². The minimum atomic E-state index is -0.169. The minimum Gasteiger partial charge on any atom is -0.496 e. The van der Waals surface area contributed by atoms with Gasteiger partial charge in [0.15, 0.2) is 5.65 Å². The van der Waals surface area contributed by atoms with Gasteiger partial charge in [-0.25, -0.2) is 9.97 Å². The van der Waals surface area contributed by atoms with Gasteiger partial charge < -0.3 is 10.1 Å². The maximum absolute atomic E-state index is 11.9. The third kappa shape index (κ3) is 3.43. The zero-order valence-corrected chi connectivity index (χ0v) is 16.3. The van der Waals surface area contributed by atoms with E-state index < -0.39 is 0 Å². The summed E-state index contributed by atoms with van der Waals surface area (Å²) in [7, 11) is 1.64. The van der Waals surface area contributed by atoms with Gasteiger partial charge in [-0.2, -0.15) is 0 Å². The van der Waals surface area contributed by atoms with Crippen molar-refractivity contribution >= 4 is 51.3 Å². The zero-order valence-electron chi connectivity index (χ0n) is 14.6. The number of hydrogen-bond acceptors (Lipinski definition) is 6. The van der Waals surface area contributed by atoms with Gasteiger partial charge in [0.2, 0.25) is 0 Å². The van der Waals surface area contributed by atoms with E-state index in [1.54, 1.807) is 13.3 Å². The van der Waals surface area contributed by atoms with Crippen molar-refractivity contribution < 1.29 is 9.53 Å². The molecule has 1 aliphatic rings. The van der Waals surface area contributed by atoms with Crippen LogP contribution in [0.2, 0.25) is 0 Å². The van der Waals surface area contributed by atoms with Crippen LogP contribution < -0.4 is 10.1 Å². The van der Waals surface area contributed by atoms with E-state index in [4.69, 9.17) is 17.0 Å². The highest BCUT2D eigenvalue weighted by Crippen LogP contribution is 2.35. The molecule has 0 saturated carbocycles. The van der Waals surface area contributed by atoms with E-state index in [2.05, 4.69) is 21.4 Å². The largest absolute Gasteiger partial charge is 0.496 e. The summed E-state index contributed by atoms with van der Waals surface area (Å²) in [6.45, 7) is 1.95. The standard InChI is InChI=1S/C20H15N3O2S2/c1-11-14(10-13-4-3-7-21-18(13)22-11)15-8-12(5-6-16(15)25-2)9-17-19(24)23-20(26)27-17/h3-10H,1-2H3,(H,23,24,26)/b17-9-. The summed E-state index contributed by atoms with van der Waals surface area (Å²) in [5.74, 6) is 0.571. The molecular formula is C20H15N3O2S2. The molecule has 1 N–H and O–H groups in total. The van der Waals surface area contributed by atoms with Crippen molar-refractivity contribution in [3.8, 4) is 16.9 Å². The Morgan fingerprint density at radius 3 is 2.81 bits per heavy atom. The second-order valence-electron chi connectivity index (χ2n) is 5.98. The van der Waals surface area contributed by atoms with Crippen molar-refractivity contribution in [3.63, 3.8) is 0 Å². The molecule has 134 valence electrons. The van der Waals surface area contributed by atoms with Crippen molar-refractivity contribution in [2.24, 2.45) is 0 Å². The summed E-state index contributed by atoms with van der Waals surface area (Å²) in [4.78, 5) is 21.4. The molecule has 7 heteroatoms. The number of ether oxygens (including phenoxy) is 1. The number of pyridine rings is 2. The molecular weight excluding hydrogens is 378 g/mol. The Morgan fingerprint density at radius 2 is 2.07 bits per heavy atom. The van der Waals surface area contributed by atoms with Crippen molar-refractivity contribution in [1.29, 1.82) is 0 Å². The fourth-order valence-electron chi connectivity index (χ4n) is 2.97. The summed E-state index contributed by atoms with van der Waals surface area (Å²) in [6.07, 6.45) is 3.56. The number of nitrogens with zero attached hydrogens (tertiary/aromatic N) is 2. The first-order chi connectivity index (χ1) is 13.0. The Hall–Kier alpha value is -2.77. The van der Waals surface area contributed by atoms with Gasteiger partial charge in [0.05, 0.1) is 12.0 Å². The lowest BCUT2D eigenvalue weighted by Crippen LogP contribution is -2.17. The molecule has 0 unspecified atom stereocenters. The Morgan fingerprint density at radius 1 is 1.22 bits per heavy atom. The number of carbonyl (C=O) groups is 1. The van der Waals surface area contributed by atoms with Gasteiger partial charge in [-0.1, -0.05) is 30.0 Å². The number of carbonyl (C=O) groups excluding carboxylic acids is 1. The predicted molar refractivity (Wildman–Crippen MR) is 113 cm³/mol. The molecule has 0 atom stereocenters. The predicted octanol–water partition coefficient (Wildman–Crippen LogP) is 4.10.